The molecule has 0 bridgehead atoms. The Labute approximate surface area is 83.8 Å². The van der Waals surface area contributed by atoms with Crippen molar-refractivity contribution >= 4 is 0 Å². The number of nitrogens with two attached hydrogens (primary N) is 1. The van der Waals surface area contributed by atoms with E-state index in [0.29, 0.717) is 11.8 Å². The van der Waals surface area contributed by atoms with Gasteiger partial charge < -0.3 is 5.73 Å². The molecule has 3 rings (SSSR count). The lowest BCUT2D eigenvalue weighted by molar-refractivity contribution is 0.511. The zero-order valence-corrected chi connectivity index (χ0v) is 8.40. The summed E-state index contributed by atoms with van der Waals surface area (Å²) in [6.45, 7) is 1.92. The Morgan fingerprint density at radius 3 is 2.79 bits per heavy atom. The third-order valence-electron chi connectivity index (χ3n) is 3.85. The fourth-order valence-electron chi connectivity index (χ4n) is 3.08. The first-order valence-corrected chi connectivity index (χ1v) is 5.32. The Kier molecular flexibility index (Phi) is 1.52. The zero-order chi connectivity index (χ0) is 9.76. The van der Waals surface area contributed by atoms with E-state index in [-0.39, 0.29) is 5.54 Å². The second-order valence-electron chi connectivity index (χ2n) is 4.57. The summed E-state index contributed by atoms with van der Waals surface area (Å²) >= 11 is 0. The Hall–Kier alpha value is -0.960. The highest BCUT2D eigenvalue weighted by atomic mass is 15.0. The van der Waals surface area contributed by atoms with E-state index in [9.17, 15) is 0 Å². The van der Waals surface area contributed by atoms with E-state index in [2.05, 4.69) is 9.97 Å². The minimum absolute atomic E-state index is 0.105. The number of hydrogen-bond donors (Lipinski definition) is 1. The van der Waals surface area contributed by atoms with E-state index >= 15 is 0 Å². The Bertz CT molecular complexity index is 365. The molecule has 2 aliphatic carbocycles. The van der Waals surface area contributed by atoms with Crippen LogP contribution < -0.4 is 5.73 Å². The molecule has 2 saturated carbocycles. The number of rotatable bonds is 1. The van der Waals surface area contributed by atoms with Gasteiger partial charge in [0.15, 0.2) is 0 Å². The van der Waals surface area contributed by atoms with Gasteiger partial charge in [-0.15, -0.1) is 0 Å². The van der Waals surface area contributed by atoms with Crippen molar-refractivity contribution in [2.75, 3.05) is 0 Å². The molecule has 1 aromatic rings. The molecule has 0 spiro atoms. The largest absolute Gasteiger partial charge is 0.320 e. The lowest BCUT2D eigenvalue weighted by Gasteiger charge is -2.14. The predicted molar refractivity (Wildman–Crippen MR) is 53.5 cm³/mol. The molecule has 2 aliphatic rings. The quantitative estimate of drug-likeness (QED) is 0.726. The van der Waals surface area contributed by atoms with Crippen molar-refractivity contribution in [3.8, 4) is 0 Å². The summed E-state index contributed by atoms with van der Waals surface area (Å²) in [4.78, 5) is 8.56. The number of hydrogen-bond acceptors (Lipinski definition) is 3. The van der Waals surface area contributed by atoms with Crippen molar-refractivity contribution < 1.29 is 0 Å². The van der Waals surface area contributed by atoms with Crippen LogP contribution in [-0.4, -0.2) is 9.97 Å². The fourth-order valence-corrected chi connectivity index (χ4v) is 3.08. The van der Waals surface area contributed by atoms with Crippen LogP contribution in [0.5, 0.6) is 0 Å². The number of aryl methyl sites for hydroxylation is 1. The number of nitrogens with zero attached hydrogens (tertiary/aromatic N) is 2. The lowest BCUT2D eigenvalue weighted by Crippen LogP contribution is -2.27. The molecule has 74 valence electrons. The molecule has 2 atom stereocenters. The molecule has 0 radical (unpaired) electrons. The van der Waals surface area contributed by atoms with Crippen LogP contribution in [0.25, 0.3) is 0 Å². The highest BCUT2D eigenvalue weighted by Crippen LogP contribution is 2.63. The lowest BCUT2D eigenvalue weighted by atomic mass is 10.0. The average molecular weight is 189 g/mol. The minimum atomic E-state index is -0.105. The SMILES string of the molecule is Cc1nccc(C2(N)C3CCCC32)n1. The minimum Gasteiger partial charge on any atom is -0.320 e. The summed E-state index contributed by atoms with van der Waals surface area (Å²) < 4.78 is 0. The first-order valence-electron chi connectivity index (χ1n) is 5.32. The van der Waals surface area contributed by atoms with E-state index in [1.165, 1.54) is 19.3 Å². The van der Waals surface area contributed by atoms with Crippen molar-refractivity contribution in [1.29, 1.82) is 0 Å². The number of fused-ring (bicyclic) bond motifs is 1. The van der Waals surface area contributed by atoms with Gasteiger partial charge in [0.05, 0.1) is 11.2 Å². The molecule has 0 aliphatic heterocycles. The van der Waals surface area contributed by atoms with Gasteiger partial charge >= 0.3 is 0 Å². The van der Waals surface area contributed by atoms with Crippen LogP contribution in [-0.2, 0) is 5.54 Å². The highest BCUT2D eigenvalue weighted by molar-refractivity contribution is 5.30. The van der Waals surface area contributed by atoms with Gasteiger partial charge in [-0.25, -0.2) is 9.97 Å². The standard InChI is InChI=1S/C11H15N3/c1-7-13-6-5-10(14-7)11(12)8-3-2-4-9(8)11/h5-6,8-9H,2-4,12H2,1H3. The molecule has 14 heavy (non-hydrogen) atoms. The summed E-state index contributed by atoms with van der Waals surface area (Å²) in [5, 5.41) is 0. The van der Waals surface area contributed by atoms with E-state index in [0.717, 1.165) is 11.5 Å². The molecule has 1 aromatic heterocycles. The molecule has 3 nitrogen and oxygen atoms in total. The Morgan fingerprint density at radius 2 is 2.14 bits per heavy atom. The second kappa shape index (κ2) is 2.54. The van der Waals surface area contributed by atoms with E-state index in [1.807, 2.05) is 19.2 Å². The van der Waals surface area contributed by atoms with E-state index < -0.39 is 0 Å². The van der Waals surface area contributed by atoms with Crippen molar-refractivity contribution in [3.05, 3.63) is 23.8 Å². The molecule has 1 heterocycles. The summed E-state index contributed by atoms with van der Waals surface area (Å²) in [5.74, 6) is 2.21. The maximum Gasteiger partial charge on any atom is 0.125 e. The van der Waals surface area contributed by atoms with Crippen molar-refractivity contribution in [3.63, 3.8) is 0 Å². The molecule has 3 heteroatoms. The van der Waals surface area contributed by atoms with Gasteiger partial charge in [0, 0.05) is 6.20 Å². The van der Waals surface area contributed by atoms with Gasteiger partial charge in [-0.05, 0) is 37.7 Å². The normalized spacial score (nSPS) is 39.6. The topological polar surface area (TPSA) is 51.8 Å². The monoisotopic (exact) mass is 189 g/mol. The van der Waals surface area contributed by atoms with Crippen molar-refractivity contribution in [1.82, 2.24) is 9.97 Å². The molecule has 2 fully saturated rings. The third kappa shape index (κ3) is 0.906. The van der Waals surface area contributed by atoms with Crippen LogP contribution in [0.15, 0.2) is 12.3 Å². The van der Waals surface area contributed by atoms with Gasteiger partial charge in [0.25, 0.3) is 0 Å². The van der Waals surface area contributed by atoms with E-state index in [1.54, 1.807) is 0 Å². The van der Waals surface area contributed by atoms with Gasteiger partial charge in [-0.3, -0.25) is 0 Å². The fraction of sp³-hybridized carbons (Fsp3) is 0.636. The third-order valence-corrected chi connectivity index (χ3v) is 3.85. The summed E-state index contributed by atoms with van der Waals surface area (Å²) in [6.07, 6.45) is 5.73. The number of aromatic nitrogens is 2. The molecule has 0 saturated heterocycles. The van der Waals surface area contributed by atoms with Gasteiger partial charge in [0.2, 0.25) is 0 Å². The molecule has 2 unspecified atom stereocenters. The maximum absolute atomic E-state index is 6.40. The summed E-state index contributed by atoms with van der Waals surface area (Å²) in [7, 11) is 0. The average Bonchev–Trinajstić information content (AvgIpc) is 2.62. The summed E-state index contributed by atoms with van der Waals surface area (Å²) in [6, 6.07) is 1.98. The molecule has 0 amide bonds. The Morgan fingerprint density at radius 1 is 1.43 bits per heavy atom. The molecule has 0 aromatic carbocycles. The first-order chi connectivity index (χ1) is 6.73. The van der Waals surface area contributed by atoms with Crippen molar-refractivity contribution in [2.45, 2.75) is 31.7 Å². The van der Waals surface area contributed by atoms with Gasteiger partial charge in [-0.2, -0.15) is 0 Å². The smallest absolute Gasteiger partial charge is 0.125 e. The van der Waals surface area contributed by atoms with Crippen LogP contribution in [0, 0.1) is 18.8 Å². The predicted octanol–water partition coefficient (Wildman–Crippen LogP) is 1.37. The van der Waals surface area contributed by atoms with Gasteiger partial charge in [-0.1, -0.05) is 6.42 Å². The first kappa shape index (κ1) is 8.36. The molecular formula is C11H15N3. The molecule has 2 N–H and O–H groups in total. The zero-order valence-electron chi connectivity index (χ0n) is 8.40. The van der Waals surface area contributed by atoms with E-state index in [4.69, 9.17) is 5.73 Å². The Balaban J connectivity index is 1.97. The van der Waals surface area contributed by atoms with Crippen LogP contribution in [0.4, 0.5) is 0 Å². The van der Waals surface area contributed by atoms with Crippen LogP contribution in [0.1, 0.15) is 30.8 Å². The van der Waals surface area contributed by atoms with Crippen LogP contribution >= 0.6 is 0 Å². The second-order valence-corrected chi connectivity index (χ2v) is 4.57. The van der Waals surface area contributed by atoms with Crippen LogP contribution in [0.3, 0.4) is 0 Å². The van der Waals surface area contributed by atoms with Crippen molar-refractivity contribution in [2.24, 2.45) is 17.6 Å². The highest BCUT2D eigenvalue weighted by Gasteiger charge is 2.65. The molecular weight excluding hydrogens is 174 g/mol. The summed E-state index contributed by atoms with van der Waals surface area (Å²) in [5.41, 5.74) is 7.35. The van der Waals surface area contributed by atoms with Gasteiger partial charge in [0.1, 0.15) is 5.82 Å². The van der Waals surface area contributed by atoms with Crippen LogP contribution in [0.2, 0.25) is 0 Å². The maximum atomic E-state index is 6.40.